The maximum Gasteiger partial charge on any atom is 0.335 e. The summed E-state index contributed by atoms with van der Waals surface area (Å²) < 4.78 is 2.13. The number of fused-ring (bicyclic) bond motifs is 1. The molecule has 4 nitrogen and oxygen atoms in total. The van der Waals surface area contributed by atoms with Crippen LogP contribution < -0.4 is 0 Å². The lowest BCUT2D eigenvalue weighted by Crippen LogP contribution is -2.04. The first-order valence-electron chi connectivity index (χ1n) is 6.85. The van der Waals surface area contributed by atoms with Gasteiger partial charge in [0.1, 0.15) is 5.82 Å². The van der Waals surface area contributed by atoms with Gasteiger partial charge in [-0.3, -0.25) is 0 Å². The highest BCUT2D eigenvalue weighted by Gasteiger charge is 2.13. The van der Waals surface area contributed by atoms with E-state index in [0.717, 1.165) is 29.8 Å². The van der Waals surface area contributed by atoms with Gasteiger partial charge in [0.05, 0.1) is 23.1 Å². The summed E-state index contributed by atoms with van der Waals surface area (Å²) in [4.78, 5) is 17.1. The van der Waals surface area contributed by atoms with E-state index < -0.39 is 5.97 Å². The molecule has 0 saturated carbocycles. The molecule has 0 aliphatic carbocycles. The number of aryl methyl sites for hydroxylation is 2. The largest absolute Gasteiger partial charge is 0.478 e. The van der Waals surface area contributed by atoms with Crippen molar-refractivity contribution in [2.45, 2.75) is 26.8 Å². The third-order valence-corrected chi connectivity index (χ3v) is 4.67. The van der Waals surface area contributed by atoms with Crippen LogP contribution in [0.5, 0.6) is 0 Å². The third kappa shape index (κ3) is 2.45. The minimum Gasteiger partial charge on any atom is -0.478 e. The number of hydrogen-bond donors (Lipinski definition) is 1. The van der Waals surface area contributed by atoms with E-state index in [4.69, 9.17) is 0 Å². The second kappa shape index (κ2) is 5.33. The zero-order valence-corrected chi connectivity index (χ0v) is 12.8. The maximum absolute atomic E-state index is 11.2. The molecule has 2 heterocycles. The molecule has 0 saturated heterocycles. The zero-order valence-electron chi connectivity index (χ0n) is 12.0. The van der Waals surface area contributed by atoms with Gasteiger partial charge in [0, 0.05) is 11.3 Å². The number of thiophene rings is 1. The van der Waals surface area contributed by atoms with Gasteiger partial charge in [-0.25, -0.2) is 9.78 Å². The molecule has 21 heavy (non-hydrogen) atoms. The van der Waals surface area contributed by atoms with Crippen molar-refractivity contribution < 1.29 is 9.90 Å². The number of imidazole rings is 1. The molecule has 0 amide bonds. The van der Waals surface area contributed by atoms with E-state index in [2.05, 4.69) is 34.8 Å². The van der Waals surface area contributed by atoms with Gasteiger partial charge < -0.3 is 9.67 Å². The number of carboxylic acid groups (broad SMARTS) is 1. The van der Waals surface area contributed by atoms with E-state index in [1.165, 1.54) is 10.4 Å². The molecule has 1 aromatic carbocycles. The molecule has 0 spiro atoms. The first-order valence-corrected chi connectivity index (χ1v) is 7.73. The quantitative estimate of drug-likeness (QED) is 0.799. The highest BCUT2D eigenvalue weighted by Crippen LogP contribution is 2.23. The number of aromatic nitrogens is 2. The van der Waals surface area contributed by atoms with Crippen molar-refractivity contribution in [3.63, 3.8) is 0 Å². The number of hydrogen-bond acceptors (Lipinski definition) is 3. The van der Waals surface area contributed by atoms with Crippen LogP contribution in [0.15, 0.2) is 29.6 Å². The van der Waals surface area contributed by atoms with Crippen molar-refractivity contribution in [1.82, 2.24) is 9.55 Å². The fourth-order valence-corrected chi connectivity index (χ4v) is 3.36. The van der Waals surface area contributed by atoms with Crippen molar-refractivity contribution in [3.8, 4) is 0 Å². The smallest absolute Gasteiger partial charge is 0.335 e. The van der Waals surface area contributed by atoms with Crippen molar-refractivity contribution >= 4 is 28.3 Å². The van der Waals surface area contributed by atoms with Gasteiger partial charge in [-0.15, -0.1) is 11.3 Å². The molecule has 0 bridgehead atoms. The molecule has 0 aliphatic rings. The number of rotatable bonds is 4. The molecule has 3 rings (SSSR count). The van der Waals surface area contributed by atoms with Crippen molar-refractivity contribution in [2.75, 3.05) is 0 Å². The Morgan fingerprint density at radius 2 is 2.19 bits per heavy atom. The van der Waals surface area contributed by atoms with Crippen molar-refractivity contribution in [2.24, 2.45) is 0 Å². The number of carboxylic acids is 1. The summed E-state index contributed by atoms with van der Waals surface area (Å²) in [6, 6.07) is 7.22. The number of nitrogens with zero attached hydrogens (tertiary/aromatic N) is 2. The van der Waals surface area contributed by atoms with Gasteiger partial charge in [0.2, 0.25) is 0 Å². The van der Waals surface area contributed by atoms with Crippen LogP contribution in [0.25, 0.3) is 11.0 Å². The fraction of sp³-hybridized carbons (Fsp3) is 0.250. The van der Waals surface area contributed by atoms with E-state index in [-0.39, 0.29) is 0 Å². The number of benzene rings is 1. The lowest BCUT2D eigenvalue weighted by atomic mass is 10.2. The van der Waals surface area contributed by atoms with Gasteiger partial charge in [-0.05, 0) is 42.1 Å². The van der Waals surface area contributed by atoms with E-state index in [1.807, 2.05) is 0 Å². The second-order valence-corrected chi connectivity index (χ2v) is 6.00. The molecule has 5 heteroatoms. The Balaban J connectivity index is 2.16. The van der Waals surface area contributed by atoms with Crippen LogP contribution in [-0.2, 0) is 13.0 Å². The van der Waals surface area contributed by atoms with Gasteiger partial charge >= 0.3 is 5.97 Å². The average molecular weight is 300 g/mol. The minimum absolute atomic E-state index is 0.300. The summed E-state index contributed by atoms with van der Waals surface area (Å²) in [7, 11) is 0. The first-order chi connectivity index (χ1) is 10.1. The molecule has 0 fully saturated rings. The predicted octanol–water partition coefficient (Wildman–Crippen LogP) is 3.72. The average Bonchev–Trinajstić information content (AvgIpc) is 3.03. The normalized spacial score (nSPS) is 11.1. The highest BCUT2D eigenvalue weighted by molar-refractivity contribution is 7.10. The molecular formula is C16H16N2O2S. The molecule has 2 aromatic heterocycles. The summed E-state index contributed by atoms with van der Waals surface area (Å²) in [6.07, 6.45) is 0.821. The fourth-order valence-electron chi connectivity index (χ4n) is 2.46. The van der Waals surface area contributed by atoms with Crippen LogP contribution >= 0.6 is 11.3 Å². The lowest BCUT2D eigenvalue weighted by Gasteiger charge is -2.08. The minimum atomic E-state index is -0.907. The van der Waals surface area contributed by atoms with Crippen LogP contribution in [0.3, 0.4) is 0 Å². The molecule has 3 aromatic rings. The van der Waals surface area contributed by atoms with Gasteiger partial charge in [-0.1, -0.05) is 6.92 Å². The van der Waals surface area contributed by atoms with E-state index in [1.54, 1.807) is 29.5 Å². The first kappa shape index (κ1) is 13.8. The van der Waals surface area contributed by atoms with E-state index >= 15 is 0 Å². The maximum atomic E-state index is 11.2. The Hall–Kier alpha value is -2.14. The van der Waals surface area contributed by atoms with Gasteiger partial charge in [0.15, 0.2) is 0 Å². The Bertz CT molecular complexity index is 817. The predicted molar refractivity (Wildman–Crippen MR) is 84.2 cm³/mol. The summed E-state index contributed by atoms with van der Waals surface area (Å²) in [5, 5.41) is 11.3. The molecule has 1 N–H and O–H groups in total. The SMILES string of the molecule is CCc1nc2ccc(C(=O)O)cc2n1Cc1sccc1C. The van der Waals surface area contributed by atoms with Crippen LogP contribution in [0.2, 0.25) is 0 Å². The second-order valence-electron chi connectivity index (χ2n) is 5.00. The van der Waals surface area contributed by atoms with Crippen molar-refractivity contribution in [3.05, 3.63) is 51.5 Å². The molecule has 0 radical (unpaired) electrons. The highest BCUT2D eigenvalue weighted by atomic mass is 32.1. The lowest BCUT2D eigenvalue weighted by molar-refractivity contribution is 0.0697. The number of aromatic carboxylic acids is 1. The Morgan fingerprint density at radius 3 is 2.81 bits per heavy atom. The summed E-state index contributed by atoms with van der Waals surface area (Å²) in [5.74, 6) is 0.0790. The van der Waals surface area contributed by atoms with E-state index in [9.17, 15) is 9.90 Å². The molecule has 0 atom stereocenters. The molecule has 108 valence electrons. The van der Waals surface area contributed by atoms with E-state index in [0.29, 0.717) is 5.56 Å². The molecule has 0 aliphatic heterocycles. The van der Waals surface area contributed by atoms with Crippen LogP contribution in [0.1, 0.15) is 33.5 Å². The third-order valence-electron chi connectivity index (χ3n) is 3.66. The molecule has 0 unspecified atom stereocenters. The Labute approximate surface area is 126 Å². The summed E-state index contributed by atoms with van der Waals surface area (Å²) in [5.41, 5.74) is 3.30. The summed E-state index contributed by atoms with van der Waals surface area (Å²) in [6.45, 7) is 4.91. The van der Waals surface area contributed by atoms with Gasteiger partial charge in [0.25, 0.3) is 0 Å². The topological polar surface area (TPSA) is 55.1 Å². The number of carbonyl (C=O) groups is 1. The summed E-state index contributed by atoms with van der Waals surface area (Å²) >= 11 is 1.72. The monoisotopic (exact) mass is 300 g/mol. The van der Waals surface area contributed by atoms with Crippen LogP contribution in [-0.4, -0.2) is 20.6 Å². The Kier molecular flexibility index (Phi) is 3.51. The van der Waals surface area contributed by atoms with Crippen LogP contribution in [0, 0.1) is 6.92 Å². The zero-order chi connectivity index (χ0) is 15.0. The van der Waals surface area contributed by atoms with Crippen molar-refractivity contribution in [1.29, 1.82) is 0 Å². The van der Waals surface area contributed by atoms with Gasteiger partial charge in [-0.2, -0.15) is 0 Å². The molecular weight excluding hydrogens is 284 g/mol. The standard InChI is InChI=1S/C16H16N2O2S/c1-3-15-17-12-5-4-11(16(19)20)8-13(12)18(15)9-14-10(2)6-7-21-14/h4-8H,3,9H2,1-2H3,(H,19,20). The Morgan fingerprint density at radius 1 is 1.38 bits per heavy atom. The van der Waals surface area contributed by atoms with Crippen LogP contribution in [0.4, 0.5) is 0 Å².